The highest BCUT2D eigenvalue weighted by molar-refractivity contribution is 7.94. The third-order valence-electron chi connectivity index (χ3n) is 5.87. The number of aromatic hydroxyl groups is 1. The van der Waals surface area contributed by atoms with Crippen molar-refractivity contribution in [2.45, 2.75) is 11.4 Å². The summed E-state index contributed by atoms with van der Waals surface area (Å²) in [6, 6.07) is 14.1. The molecule has 0 radical (unpaired) electrons. The highest BCUT2D eigenvalue weighted by Crippen LogP contribution is 2.40. The Balaban J connectivity index is 1.71. The number of pyridine rings is 1. The van der Waals surface area contributed by atoms with Crippen molar-refractivity contribution < 1.29 is 26.3 Å². The van der Waals surface area contributed by atoms with Crippen LogP contribution in [0.5, 0.6) is 5.75 Å². The first-order valence-electron chi connectivity index (χ1n) is 11.0. The maximum atomic E-state index is 13.8. The van der Waals surface area contributed by atoms with Crippen LogP contribution in [-0.4, -0.2) is 32.8 Å². The Hall–Kier alpha value is -3.87. The lowest BCUT2D eigenvalue weighted by Gasteiger charge is -2.22. The zero-order valence-electron chi connectivity index (χ0n) is 19.6. The van der Waals surface area contributed by atoms with Gasteiger partial charge in [-0.2, -0.15) is 0 Å². The van der Waals surface area contributed by atoms with Crippen molar-refractivity contribution in [1.29, 1.82) is 0 Å². The Morgan fingerprint density at radius 1 is 1.11 bits per heavy atom. The lowest BCUT2D eigenvalue weighted by molar-refractivity contribution is 0.477. The first kappa shape index (κ1) is 25.8. The predicted molar refractivity (Wildman–Crippen MR) is 144 cm³/mol. The molecule has 5 rings (SSSR count). The fourth-order valence-electron chi connectivity index (χ4n) is 4.27. The van der Waals surface area contributed by atoms with Gasteiger partial charge in [-0.15, -0.1) is 0 Å². The molecule has 196 valence electrons. The summed E-state index contributed by atoms with van der Waals surface area (Å²) in [5, 5.41) is 15.1. The summed E-state index contributed by atoms with van der Waals surface area (Å²) in [5.74, 6) is -0.963. The maximum Gasteiger partial charge on any atom is 0.264 e. The van der Waals surface area contributed by atoms with Gasteiger partial charge in [0.2, 0.25) is 19.9 Å². The molecule has 1 aromatic heterocycles. The largest absolute Gasteiger partial charge is 0.506 e. The molecule has 3 aromatic carbocycles. The quantitative estimate of drug-likeness (QED) is 0.326. The number of aromatic nitrogens is 1. The molecule has 38 heavy (non-hydrogen) atoms. The van der Waals surface area contributed by atoms with E-state index in [1.807, 2.05) is 0 Å². The minimum atomic E-state index is -4.18. The molecule has 3 N–H and O–H groups in total. The van der Waals surface area contributed by atoms with Crippen molar-refractivity contribution in [3.8, 4) is 5.75 Å². The normalized spacial score (nSPS) is 14.4. The molecule has 2 heterocycles. The van der Waals surface area contributed by atoms with Gasteiger partial charge in [0.15, 0.2) is 0 Å². The van der Waals surface area contributed by atoms with Gasteiger partial charge in [-0.05, 0) is 48.0 Å². The number of halogens is 2. The monoisotopic (exact) mass is 575 g/mol. The topological polar surface area (TPSA) is 135 Å². The summed E-state index contributed by atoms with van der Waals surface area (Å²) < 4.78 is 66.5. The van der Waals surface area contributed by atoms with Crippen molar-refractivity contribution in [3.63, 3.8) is 0 Å². The molecule has 0 spiro atoms. The smallest absolute Gasteiger partial charge is 0.264 e. The summed E-state index contributed by atoms with van der Waals surface area (Å²) in [6.45, 7) is -0.0135. The zero-order valence-corrected chi connectivity index (χ0v) is 22.0. The SMILES string of the molecule is CS(=O)(=O)Nc1ccc2c(c1)S(=O)(=O)C=C(c1c(O)c3c(Cl)cccc3n(Cc3ccc(F)cc3)c1=O)N2. The number of nitrogens with one attached hydrogen (secondary N) is 2. The van der Waals surface area contributed by atoms with E-state index < -0.39 is 37.0 Å². The van der Waals surface area contributed by atoms with E-state index in [0.29, 0.717) is 11.1 Å². The summed E-state index contributed by atoms with van der Waals surface area (Å²) in [7, 11) is -7.84. The van der Waals surface area contributed by atoms with E-state index >= 15 is 0 Å². The van der Waals surface area contributed by atoms with E-state index in [1.165, 1.54) is 47.0 Å². The number of nitrogens with zero attached hydrogens (tertiary/aromatic N) is 1. The van der Waals surface area contributed by atoms with Crippen LogP contribution in [0.15, 0.2) is 75.8 Å². The van der Waals surface area contributed by atoms with Crippen LogP contribution in [-0.2, 0) is 26.4 Å². The van der Waals surface area contributed by atoms with Gasteiger partial charge in [-0.3, -0.25) is 9.52 Å². The molecule has 0 unspecified atom stereocenters. The van der Waals surface area contributed by atoms with Crippen LogP contribution in [0.1, 0.15) is 11.1 Å². The number of benzene rings is 3. The van der Waals surface area contributed by atoms with Gasteiger partial charge in [0.05, 0.1) is 50.4 Å². The molecule has 9 nitrogen and oxygen atoms in total. The third kappa shape index (κ3) is 4.73. The van der Waals surface area contributed by atoms with E-state index in [1.54, 1.807) is 12.1 Å². The molecule has 13 heteroatoms. The predicted octanol–water partition coefficient (Wildman–Crippen LogP) is 4.12. The number of sulfonamides is 1. The number of fused-ring (bicyclic) bond motifs is 2. The molecule has 1 aliphatic rings. The van der Waals surface area contributed by atoms with Gasteiger partial charge in [0.1, 0.15) is 17.1 Å². The van der Waals surface area contributed by atoms with E-state index in [9.17, 15) is 31.1 Å². The lowest BCUT2D eigenvalue weighted by atomic mass is 10.1. The van der Waals surface area contributed by atoms with Gasteiger partial charge in [0.25, 0.3) is 5.56 Å². The average molecular weight is 576 g/mol. The summed E-state index contributed by atoms with van der Waals surface area (Å²) in [6.07, 6.45) is 0.932. The fraction of sp³-hybridized carbons (Fsp3) is 0.0800. The van der Waals surface area contributed by atoms with Crippen LogP contribution in [0.4, 0.5) is 15.8 Å². The number of anilines is 2. The number of sulfone groups is 1. The minimum Gasteiger partial charge on any atom is -0.506 e. The van der Waals surface area contributed by atoms with Crippen LogP contribution in [0.2, 0.25) is 5.02 Å². The number of rotatable bonds is 5. The fourth-order valence-corrected chi connectivity index (χ4v) is 6.41. The van der Waals surface area contributed by atoms with Crippen LogP contribution in [0.25, 0.3) is 16.6 Å². The first-order valence-corrected chi connectivity index (χ1v) is 14.8. The second-order valence-electron chi connectivity index (χ2n) is 8.66. The molecule has 0 saturated carbocycles. The standard InChI is InChI=1S/C25H19ClFN3O6S2/c1-37(33,34)29-16-9-10-18-21(11-16)38(35,36)13-19(28-18)23-24(31)22-17(26)3-2-4-20(22)30(25(23)32)12-14-5-7-15(27)8-6-14/h2-11,13,28-29,31H,12H2,1H3. The Morgan fingerprint density at radius 2 is 1.82 bits per heavy atom. The second-order valence-corrected chi connectivity index (χ2v) is 12.6. The van der Waals surface area contributed by atoms with Crippen LogP contribution in [0.3, 0.4) is 0 Å². The van der Waals surface area contributed by atoms with Gasteiger partial charge >= 0.3 is 0 Å². The van der Waals surface area contributed by atoms with Crippen molar-refractivity contribution in [1.82, 2.24) is 4.57 Å². The van der Waals surface area contributed by atoms with Gasteiger partial charge < -0.3 is 15.0 Å². The lowest BCUT2D eigenvalue weighted by Crippen LogP contribution is -2.27. The Bertz CT molecular complexity index is 1940. The molecule has 0 bridgehead atoms. The van der Waals surface area contributed by atoms with E-state index in [2.05, 4.69) is 10.0 Å². The van der Waals surface area contributed by atoms with Crippen LogP contribution < -0.4 is 15.6 Å². The van der Waals surface area contributed by atoms with Gasteiger partial charge in [-0.25, -0.2) is 21.2 Å². The van der Waals surface area contributed by atoms with E-state index in [0.717, 1.165) is 17.7 Å². The Labute approximate surface area is 221 Å². The Kier molecular flexibility index (Phi) is 6.21. The van der Waals surface area contributed by atoms with E-state index in [4.69, 9.17) is 11.6 Å². The van der Waals surface area contributed by atoms with Crippen LogP contribution in [0, 0.1) is 5.82 Å². The minimum absolute atomic E-state index is 0.0135. The van der Waals surface area contributed by atoms with Gasteiger partial charge in [-0.1, -0.05) is 29.8 Å². The molecular weight excluding hydrogens is 557 g/mol. The first-order chi connectivity index (χ1) is 17.8. The Morgan fingerprint density at radius 3 is 2.50 bits per heavy atom. The highest BCUT2D eigenvalue weighted by atomic mass is 35.5. The zero-order chi connectivity index (χ0) is 27.4. The third-order valence-corrected chi connectivity index (χ3v) is 8.29. The van der Waals surface area contributed by atoms with Crippen molar-refractivity contribution in [2.75, 3.05) is 16.3 Å². The van der Waals surface area contributed by atoms with Crippen molar-refractivity contribution >= 4 is 59.4 Å². The van der Waals surface area contributed by atoms with Crippen LogP contribution >= 0.6 is 11.6 Å². The summed E-state index contributed by atoms with van der Waals surface area (Å²) in [5.41, 5.74) is -0.251. The number of hydrogen-bond acceptors (Lipinski definition) is 7. The molecule has 0 saturated heterocycles. The molecule has 0 amide bonds. The molecule has 0 atom stereocenters. The maximum absolute atomic E-state index is 13.8. The molecular formula is C25H19ClFN3O6S2. The molecule has 0 aliphatic carbocycles. The number of hydrogen-bond donors (Lipinski definition) is 3. The van der Waals surface area contributed by atoms with Gasteiger partial charge in [0, 0.05) is 5.69 Å². The molecule has 1 aliphatic heterocycles. The highest BCUT2D eigenvalue weighted by Gasteiger charge is 2.29. The second kappa shape index (κ2) is 9.15. The molecule has 0 fully saturated rings. The van der Waals surface area contributed by atoms with E-state index in [-0.39, 0.29) is 44.5 Å². The van der Waals surface area contributed by atoms with Crippen molar-refractivity contribution in [3.05, 3.63) is 98.4 Å². The average Bonchev–Trinajstić information content (AvgIpc) is 2.82. The summed E-state index contributed by atoms with van der Waals surface area (Å²) >= 11 is 6.39. The molecule has 4 aromatic rings. The van der Waals surface area contributed by atoms with Crippen molar-refractivity contribution in [2.24, 2.45) is 0 Å². The summed E-state index contributed by atoms with van der Waals surface area (Å²) in [4.78, 5) is 13.5.